The molecule has 5 heteroatoms. The Bertz CT molecular complexity index is 956. The molecule has 2 aromatic heterocycles. The first-order chi connectivity index (χ1) is 12.7. The SMILES string of the molecule is Cc1ccc2nc(CNc3ccc(N4CCCCC4)cc3)cc(=O)n2c1. The molecule has 0 saturated carbocycles. The molecule has 0 radical (unpaired) electrons. The molecule has 1 fully saturated rings. The Hall–Kier alpha value is -2.82. The van der Waals surface area contributed by atoms with Crippen LogP contribution in [-0.2, 0) is 6.54 Å². The number of fused-ring (bicyclic) bond motifs is 1. The molecular weight excluding hydrogens is 324 g/mol. The van der Waals surface area contributed by atoms with E-state index < -0.39 is 0 Å². The Kier molecular flexibility index (Phi) is 4.61. The lowest BCUT2D eigenvalue weighted by molar-refractivity contribution is 0.578. The third-order valence-electron chi connectivity index (χ3n) is 4.92. The van der Waals surface area contributed by atoms with Gasteiger partial charge in [0.25, 0.3) is 5.56 Å². The molecule has 1 aliphatic rings. The lowest BCUT2D eigenvalue weighted by Crippen LogP contribution is -2.29. The van der Waals surface area contributed by atoms with Gasteiger partial charge in [0.2, 0.25) is 0 Å². The summed E-state index contributed by atoms with van der Waals surface area (Å²) in [5, 5.41) is 3.37. The minimum atomic E-state index is -0.0454. The van der Waals surface area contributed by atoms with Crippen molar-refractivity contribution in [3.05, 3.63) is 70.3 Å². The summed E-state index contributed by atoms with van der Waals surface area (Å²) in [6, 6.07) is 14.0. The lowest BCUT2D eigenvalue weighted by Gasteiger charge is -2.28. The summed E-state index contributed by atoms with van der Waals surface area (Å²) in [7, 11) is 0. The minimum Gasteiger partial charge on any atom is -0.379 e. The molecule has 3 heterocycles. The normalized spacial score (nSPS) is 14.6. The van der Waals surface area contributed by atoms with Crippen molar-refractivity contribution in [2.24, 2.45) is 0 Å². The van der Waals surface area contributed by atoms with Gasteiger partial charge in [-0.25, -0.2) is 4.98 Å². The van der Waals surface area contributed by atoms with Crippen LogP contribution in [0.4, 0.5) is 11.4 Å². The van der Waals surface area contributed by atoms with E-state index in [1.54, 1.807) is 10.5 Å². The maximum Gasteiger partial charge on any atom is 0.258 e. The topological polar surface area (TPSA) is 49.6 Å². The molecule has 0 amide bonds. The Morgan fingerprint density at radius 2 is 1.81 bits per heavy atom. The van der Waals surface area contributed by atoms with Gasteiger partial charge >= 0.3 is 0 Å². The predicted molar refractivity (Wildman–Crippen MR) is 106 cm³/mol. The van der Waals surface area contributed by atoms with Gasteiger partial charge in [-0.05, 0) is 62.1 Å². The van der Waals surface area contributed by atoms with E-state index in [0.717, 1.165) is 30.0 Å². The van der Waals surface area contributed by atoms with Crippen molar-refractivity contribution in [3.63, 3.8) is 0 Å². The molecule has 3 aromatic rings. The predicted octanol–water partition coefficient (Wildman–Crippen LogP) is 3.61. The Labute approximate surface area is 153 Å². The van der Waals surface area contributed by atoms with Crippen LogP contribution in [0.2, 0.25) is 0 Å². The van der Waals surface area contributed by atoms with Crippen LogP contribution in [0.1, 0.15) is 30.5 Å². The highest BCUT2D eigenvalue weighted by Gasteiger charge is 2.10. The van der Waals surface area contributed by atoms with E-state index in [-0.39, 0.29) is 5.56 Å². The van der Waals surface area contributed by atoms with E-state index in [2.05, 4.69) is 39.5 Å². The highest BCUT2D eigenvalue weighted by molar-refractivity contribution is 5.55. The van der Waals surface area contributed by atoms with Crippen molar-refractivity contribution in [2.45, 2.75) is 32.7 Å². The molecule has 0 aliphatic carbocycles. The molecule has 0 bridgehead atoms. The van der Waals surface area contributed by atoms with Crippen molar-refractivity contribution in [1.82, 2.24) is 9.38 Å². The van der Waals surface area contributed by atoms with Crippen LogP contribution in [-0.4, -0.2) is 22.5 Å². The average molecular weight is 348 g/mol. The highest BCUT2D eigenvalue weighted by Crippen LogP contribution is 2.22. The molecular formula is C21H24N4O. The maximum absolute atomic E-state index is 12.3. The third kappa shape index (κ3) is 3.57. The smallest absolute Gasteiger partial charge is 0.258 e. The summed E-state index contributed by atoms with van der Waals surface area (Å²) in [6.45, 7) is 4.80. The summed E-state index contributed by atoms with van der Waals surface area (Å²) >= 11 is 0. The highest BCUT2D eigenvalue weighted by atomic mass is 16.1. The van der Waals surface area contributed by atoms with Gasteiger partial charge in [-0.1, -0.05) is 6.07 Å². The zero-order chi connectivity index (χ0) is 17.9. The average Bonchev–Trinajstić information content (AvgIpc) is 2.68. The number of benzene rings is 1. The molecule has 1 N–H and O–H groups in total. The van der Waals surface area contributed by atoms with E-state index in [0.29, 0.717) is 12.2 Å². The van der Waals surface area contributed by atoms with Gasteiger partial charge in [0.15, 0.2) is 0 Å². The quantitative estimate of drug-likeness (QED) is 0.783. The number of nitrogens with one attached hydrogen (secondary N) is 1. The van der Waals surface area contributed by atoms with Gasteiger partial charge in [0, 0.05) is 36.7 Å². The number of nitrogens with zero attached hydrogens (tertiary/aromatic N) is 3. The Morgan fingerprint density at radius 1 is 1.04 bits per heavy atom. The summed E-state index contributed by atoms with van der Waals surface area (Å²) < 4.78 is 1.59. The van der Waals surface area contributed by atoms with Gasteiger partial charge in [0.05, 0.1) is 12.2 Å². The molecule has 0 spiro atoms. The van der Waals surface area contributed by atoms with E-state index in [4.69, 9.17) is 0 Å². The van der Waals surface area contributed by atoms with Crippen LogP contribution < -0.4 is 15.8 Å². The first-order valence-electron chi connectivity index (χ1n) is 9.27. The fraction of sp³-hybridized carbons (Fsp3) is 0.333. The first kappa shape index (κ1) is 16.6. The summed E-state index contributed by atoms with van der Waals surface area (Å²) in [5.41, 5.74) is 4.75. The number of piperidine rings is 1. The largest absolute Gasteiger partial charge is 0.379 e. The minimum absolute atomic E-state index is 0.0454. The van der Waals surface area contributed by atoms with Crippen LogP contribution in [0, 0.1) is 6.92 Å². The number of aryl methyl sites for hydroxylation is 1. The van der Waals surface area contributed by atoms with Crippen molar-refractivity contribution < 1.29 is 0 Å². The molecule has 4 rings (SSSR count). The monoisotopic (exact) mass is 348 g/mol. The fourth-order valence-corrected chi connectivity index (χ4v) is 3.48. The van der Waals surface area contributed by atoms with Gasteiger partial charge in [-0.3, -0.25) is 9.20 Å². The molecule has 1 aromatic carbocycles. The third-order valence-corrected chi connectivity index (χ3v) is 4.92. The van der Waals surface area contributed by atoms with Crippen molar-refractivity contribution >= 4 is 17.0 Å². The van der Waals surface area contributed by atoms with Crippen LogP contribution in [0.15, 0.2) is 53.5 Å². The van der Waals surface area contributed by atoms with Crippen LogP contribution in [0.3, 0.4) is 0 Å². The number of rotatable bonds is 4. The van der Waals surface area contributed by atoms with E-state index in [1.165, 1.54) is 24.9 Å². The number of aromatic nitrogens is 2. The molecule has 1 aliphatic heterocycles. The summed E-state index contributed by atoms with van der Waals surface area (Å²) in [4.78, 5) is 19.3. The van der Waals surface area contributed by atoms with Gasteiger partial charge < -0.3 is 10.2 Å². The second-order valence-electron chi connectivity index (χ2n) is 6.97. The summed E-state index contributed by atoms with van der Waals surface area (Å²) in [6.07, 6.45) is 5.72. The number of pyridine rings is 1. The molecule has 1 saturated heterocycles. The number of hydrogen-bond acceptors (Lipinski definition) is 4. The molecule has 0 unspecified atom stereocenters. The van der Waals surface area contributed by atoms with Gasteiger partial charge in [0.1, 0.15) is 5.65 Å². The van der Waals surface area contributed by atoms with Crippen LogP contribution in [0.5, 0.6) is 0 Å². The molecule has 26 heavy (non-hydrogen) atoms. The van der Waals surface area contributed by atoms with Crippen molar-refractivity contribution in [1.29, 1.82) is 0 Å². The standard InChI is InChI=1S/C21H24N4O/c1-16-5-10-20-23-18(13-21(26)25(20)15-16)14-22-17-6-8-19(9-7-17)24-11-3-2-4-12-24/h5-10,13,15,22H,2-4,11-12,14H2,1H3. The second kappa shape index (κ2) is 7.20. The van der Waals surface area contributed by atoms with Gasteiger partial charge in [-0.2, -0.15) is 0 Å². The number of anilines is 2. The number of hydrogen-bond donors (Lipinski definition) is 1. The zero-order valence-corrected chi connectivity index (χ0v) is 15.1. The first-order valence-corrected chi connectivity index (χ1v) is 9.27. The fourth-order valence-electron chi connectivity index (χ4n) is 3.48. The second-order valence-corrected chi connectivity index (χ2v) is 6.97. The summed E-state index contributed by atoms with van der Waals surface area (Å²) in [5.74, 6) is 0. The molecule has 134 valence electrons. The zero-order valence-electron chi connectivity index (χ0n) is 15.1. The Morgan fingerprint density at radius 3 is 2.58 bits per heavy atom. The van der Waals surface area contributed by atoms with Crippen LogP contribution >= 0.6 is 0 Å². The Balaban J connectivity index is 1.46. The van der Waals surface area contributed by atoms with Gasteiger partial charge in [-0.15, -0.1) is 0 Å². The van der Waals surface area contributed by atoms with E-state index in [9.17, 15) is 4.79 Å². The van der Waals surface area contributed by atoms with Crippen LogP contribution in [0.25, 0.3) is 5.65 Å². The van der Waals surface area contributed by atoms with Crippen molar-refractivity contribution in [2.75, 3.05) is 23.3 Å². The van der Waals surface area contributed by atoms with Crippen molar-refractivity contribution in [3.8, 4) is 0 Å². The van der Waals surface area contributed by atoms with E-state index >= 15 is 0 Å². The van der Waals surface area contributed by atoms with E-state index in [1.807, 2.05) is 25.3 Å². The maximum atomic E-state index is 12.3. The lowest BCUT2D eigenvalue weighted by atomic mass is 10.1. The molecule has 0 atom stereocenters. The molecule has 5 nitrogen and oxygen atoms in total.